The molecule has 8 nitrogen and oxygen atoms in total. The zero-order valence-electron chi connectivity index (χ0n) is 13.6. The predicted octanol–water partition coefficient (Wildman–Crippen LogP) is 2.94. The van der Waals surface area contributed by atoms with Crippen molar-refractivity contribution in [2.75, 3.05) is 13.2 Å². The molecule has 0 fully saturated rings. The van der Waals surface area contributed by atoms with Crippen LogP contribution in [0.25, 0.3) is 0 Å². The number of hydrogen-bond acceptors (Lipinski definition) is 6. The van der Waals surface area contributed by atoms with Crippen molar-refractivity contribution < 1.29 is 24.4 Å². The number of rotatable bonds is 6. The summed E-state index contributed by atoms with van der Waals surface area (Å²) in [7, 11) is 0. The lowest BCUT2D eigenvalue weighted by Crippen LogP contribution is -2.39. The highest BCUT2D eigenvalue weighted by molar-refractivity contribution is 6.37. The van der Waals surface area contributed by atoms with E-state index in [1.807, 2.05) is 0 Å². The van der Waals surface area contributed by atoms with Crippen LogP contribution in [0.2, 0.25) is 10.0 Å². The number of carbonyl (C=O) groups excluding carboxylic acids is 2. The molecule has 0 radical (unpaired) electrons. The van der Waals surface area contributed by atoms with Crippen molar-refractivity contribution >= 4 is 40.7 Å². The lowest BCUT2D eigenvalue weighted by Gasteiger charge is -2.19. The van der Waals surface area contributed by atoms with E-state index in [1.165, 1.54) is 6.07 Å². The summed E-state index contributed by atoms with van der Waals surface area (Å²) in [6, 6.07) is 8.17. The van der Waals surface area contributed by atoms with E-state index in [9.17, 15) is 24.8 Å². The van der Waals surface area contributed by atoms with Gasteiger partial charge in [0.15, 0.2) is 5.75 Å². The van der Waals surface area contributed by atoms with E-state index in [0.29, 0.717) is 0 Å². The molecule has 1 N–H and O–H groups in total. The fraction of sp³-hybridized carbons (Fsp3) is 0.176. The molecule has 0 unspecified atom stereocenters. The van der Waals surface area contributed by atoms with Crippen molar-refractivity contribution in [2.45, 2.75) is 6.10 Å². The molecular weight excluding hydrogens is 399 g/mol. The molecule has 1 atom stereocenters. The number of non-ortho nitro benzene ring substituents is 1. The van der Waals surface area contributed by atoms with Gasteiger partial charge < -0.3 is 9.84 Å². The van der Waals surface area contributed by atoms with Gasteiger partial charge in [0.25, 0.3) is 17.5 Å². The smallest absolute Gasteiger partial charge is 0.270 e. The summed E-state index contributed by atoms with van der Waals surface area (Å²) in [6.07, 6.45) is -1.21. The number of amides is 2. The Morgan fingerprint density at radius 3 is 2.37 bits per heavy atom. The average Bonchev–Trinajstić information content (AvgIpc) is 2.86. The molecule has 0 saturated heterocycles. The molecule has 0 spiro atoms. The second kappa shape index (κ2) is 7.51. The summed E-state index contributed by atoms with van der Waals surface area (Å²) >= 11 is 11.9. The number of imide groups is 1. The molecular formula is C17H12Cl2N2O6. The Kier molecular flexibility index (Phi) is 5.31. The van der Waals surface area contributed by atoms with E-state index >= 15 is 0 Å². The van der Waals surface area contributed by atoms with Crippen molar-refractivity contribution in [1.29, 1.82) is 0 Å². The Labute approximate surface area is 163 Å². The first-order valence-electron chi connectivity index (χ1n) is 7.69. The van der Waals surface area contributed by atoms with Crippen LogP contribution in [-0.2, 0) is 0 Å². The van der Waals surface area contributed by atoms with Crippen LogP contribution in [0, 0.1) is 10.1 Å². The first-order valence-corrected chi connectivity index (χ1v) is 8.44. The van der Waals surface area contributed by atoms with Crippen molar-refractivity contribution in [2.24, 2.45) is 0 Å². The zero-order chi connectivity index (χ0) is 19.7. The Morgan fingerprint density at radius 1 is 1.11 bits per heavy atom. The first kappa shape index (κ1) is 19.1. The van der Waals surface area contributed by atoms with Crippen LogP contribution in [0.15, 0.2) is 36.4 Å². The van der Waals surface area contributed by atoms with Crippen LogP contribution in [0.3, 0.4) is 0 Å². The fourth-order valence-electron chi connectivity index (χ4n) is 2.62. The van der Waals surface area contributed by atoms with E-state index in [1.54, 1.807) is 18.2 Å². The van der Waals surface area contributed by atoms with Gasteiger partial charge in [-0.2, -0.15) is 0 Å². The average molecular weight is 411 g/mol. The number of nitro benzene ring substituents is 1. The predicted molar refractivity (Wildman–Crippen MR) is 96.4 cm³/mol. The molecule has 1 heterocycles. The van der Waals surface area contributed by atoms with Gasteiger partial charge in [0.1, 0.15) is 12.7 Å². The number of ether oxygens (including phenoxy) is 1. The largest absolute Gasteiger partial charge is 0.488 e. The maximum atomic E-state index is 12.4. The minimum absolute atomic E-state index is 0.0490. The van der Waals surface area contributed by atoms with Crippen LogP contribution in [0.4, 0.5) is 5.69 Å². The van der Waals surface area contributed by atoms with Gasteiger partial charge in [0.05, 0.1) is 32.6 Å². The highest BCUT2D eigenvalue weighted by atomic mass is 35.5. The SMILES string of the molecule is O=C1c2ccc([N+](=O)[O-])cc2C(=O)N1C[C@@H](O)COc1c(Cl)cccc1Cl. The monoisotopic (exact) mass is 410 g/mol. The van der Waals surface area contributed by atoms with Gasteiger partial charge in [0, 0.05) is 12.1 Å². The third-order valence-electron chi connectivity index (χ3n) is 3.90. The number of aliphatic hydroxyl groups is 1. The number of halogens is 2. The standard InChI is InChI=1S/C17H12Cl2N2O6/c18-13-2-1-3-14(19)15(13)27-8-10(22)7-20-16(23)11-5-4-9(21(25)26)6-12(11)17(20)24/h1-6,10,22H,7-8H2/t10-/m1/s1. The minimum atomic E-state index is -1.21. The van der Waals surface area contributed by atoms with Crippen LogP contribution in [-0.4, -0.2) is 46.0 Å². The van der Waals surface area contributed by atoms with Crippen molar-refractivity contribution in [3.05, 3.63) is 67.7 Å². The highest BCUT2D eigenvalue weighted by Gasteiger charge is 2.37. The van der Waals surface area contributed by atoms with Crippen LogP contribution >= 0.6 is 23.2 Å². The van der Waals surface area contributed by atoms with E-state index in [4.69, 9.17) is 27.9 Å². The number of hydrogen-bond donors (Lipinski definition) is 1. The molecule has 140 valence electrons. The zero-order valence-corrected chi connectivity index (χ0v) is 15.1. The lowest BCUT2D eigenvalue weighted by molar-refractivity contribution is -0.384. The highest BCUT2D eigenvalue weighted by Crippen LogP contribution is 2.32. The van der Waals surface area contributed by atoms with Crippen LogP contribution < -0.4 is 4.74 Å². The van der Waals surface area contributed by atoms with Crippen molar-refractivity contribution in [3.8, 4) is 5.75 Å². The molecule has 2 aromatic rings. The summed E-state index contributed by atoms with van der Waals surface area (Å²) in [5.74, 6) is -1.17. The van der Waals surface area contributed by atoms with Gasteiger partial charge in [-0.1, -0.05) is 29.3 Å². The third kappa shape index (κ3) is 3.73. The quantitative estimate of drug-likeness (QED) is 0.445. The van der Waals surface area contributed by atoms with Crippen molar-refractivity contribution in [1.82, 2.24) is 4.90 Å². The minimum Gasteiger partial charge on any atom is -0.488 e. The van der Waals surface area contributed by atoms with E-state index in [-0.39, 0.29) is 45.8 Å². The van der Waals surface area contributed by atoms with E-state index in [2.05, 4.69) is 0 Å². The number of fused-ring (bicyclic) bond motifs is 1. The summed E-state index contributed by atoms with van der Waals surface area (Å²) in [5.41, 5.74) is -0.321. The molecule has 1 aliphatic heterocycles. The second-order valence-electron chi connectivity index (χ2n) is 5.72. The van der Waals surface area contributed by atoms with E-state index in [0.717, 1.165) is 17.0 Å². The van der Waals surface area contributed by atoms with Crippen LogP contribution in [0.1, 0.15) is 20.7 Å². The van der Waals surface area contributed by atoms with Crippen molar-refractivity contribution in [3.63, 3.8) is 0 Å². The number of aliphatic hydroxyl groups excluding tert-OH is 1. The molecule has 2 aromatic carbocycles. The molecule has 0 saturated carbocycles. The number of carbonyl (C=O) groups is 2. The molecule has 0 bridgehead atoms. The molecule has 3 rings (SSSR count). The number of nitro groups is 1. The first-order chi connectivity index (χ1) is 12.8. The van der Waals surface area contributed by atoms with Gasteiger partial charge in [-0.3, -0.25) is 24.6 Å². The maximum absolute atomic E-state index is 12.4. The normalized spacial score (nSPS) is 14.3. The third-order valence-corrected chi connectivity index (χ3v) is 4.49. The molecule has 10 heteroatoms. The van der Waals surface area contributed by atoms with Crippen LogP contribution in [0.5, 0.6) is 5.75 Å². The Bertz CT molecular complexity index is 929. The number of β-amino-alcohol motifs (C(OH)–C–C–N with tert-alkyl or cyclic N) is 1. The summed E-state index contributed by atoms with van der Waals surface area (Å²) in [5, 5.41) is 21.5. The second-order valence-corrected chi connectivity index (χ2v) is 6.54. The molecule has 0 aliphatic carbocycles. The molecule has 1 aliphatic rings. The Hall–Kier alpha value is -2.68. The molecule has 0 aromatic heterocycles. The summed E-state index contributed by atoms with van der Waals surface area (Å²) in [4.78, 5) is 35.7. The lowest BCUT2D eigenvalue weighted by atomic mass is 10.1. The van der Waals surface area contributed by atoms with Gasteiger partial charge in [-0.15, -0.1) is 0 Å². The topological polar surface area (TPSA) is 110 Å². The number of para-hydroxylation sites is 1. The molecule has 27 heavy (non-hydrogen) atoms. The van der Waals surface area contributed by atoms with Gasteiger partial charge in [0.2, 0.25) is 0 Å². The Balaban J connectivity index is 1.69. The van der Waals surface area contributed by atoms with Gasteiger partial charge >= 0.3 is 0 Å². The van der Waals surface area contributed by atoms with Gasteiger partial charge in [-0.05, 0) is 18.2 Å². The number of nitrogens with zero attached hydrogens (tertiary/aromatic N) is 2. The number of benzene rings is 2. The fourth-order valence-corrected chi connectivity index (χ4v) is 3.13. The van der Waals surface area contributed by atoms with Gasteiger partial charge in [-0.25, -0.2) is 0 Å². The maximum Gasteiger partial charge on any atom is 0.270 e. The van der Waals surface area contributed by atoms with E-state index < -0.39 is 22.8 Å². The molecule has 2 amide bonds. The Morgan fingerprint density at radius 2 is 1.74 bits per heavy atom. The summed E-state index contributed by atoms with van der Waals surface area (Å²) in [6.45, 7) is -0.612. The summed E-state index contributed by atoms with van der Waals surface area (Å²) < 4.78 is 5.39.